The monoisotopic (exact) mass is 267 g/mol. The van der Waals surface area contributed by atoms with Crippen molar-refractivity contribution in [3.05, 3.63) is 39.7 Å². The van der Waals surface area contributed by atoms with Gasteiger partial charge in [0.25, 0.3) is 11.6 Å². The summed E-state index contributed by atoms with van der Waals surface area (Å²) in [6, 6.07) is 3.01. The summed E-state index contributed by atoms with van der Waals surface area (Å²) in [6.45, 7) is 3.28. The molecular weight excluding hydrogens is 253 g/mol. The van der Waals surface area contributed by atoms with E-state index in [1.807, 2.05) is 6.92 Å². The summed E-state index contributed by atoms with van der Waals surface area (Å²) in [7, 11) is 0. The number of carbonyl (C=O) groups is 1. The standard InChI is InChI=1S/C12H14FN3O3/c1-12(4-5-14-7-12)15-11(17)9-3-2-8(16(18)19)6-10(9)13/h2-3,6,14H,4-5,7H2,1H3,(H,15,17). The first kappa shape index (κ1) is 13.4. The molecule has 1 aromatic rings. The Balaban J connectivity index is 2.17. The molecule has 1 amide bonds. The average molecular weight is 267 g/mol. The van der Waals surface area contributed by atoms with Gasteiger partial charge in [-0.15, -0.1) is 0 Å². The van der Waals surface area contributed by atoms with E-state index in [2.05, 4.69) is 10.6 Å². The number of carbonyl (C=O) groups excluding carboxylic acids is 1. The predicted molar refractivity (Wildman–Crippen MR) is 66.4 cm³/mol. The molecule has 19 heavy (non-hydrogen) atoms. The van der Waals surface area contributed by atoms with E-state index in [9.17, 15) is 19.3 Å². The van der Waals surface area contributed by atoms with Gasteiger partial charge >= 0.3 is 0 Å². The molecular formula is C12H14FN3O3. The van der Waals surface area contributed by atoms with E-state index >= 15 is 0 Å². The molecule has 1 aliphatic heterocycles. The van der Waals surface area contributed by atoms with Gasteiger partial charge in [0.2, 0.25) is 0 Å². The van der Waals surface area contributed by atoms with Crippen LogP contribution in [0, 0.1) is 15.9 Å². The minimum atomic E-state index is -0.888. The molecule has 0 aliphatic carbocycles. The number of hydrogen-bond acceptors (Lipinski definition) is 4. The molecule has 1 aromatic carbocycles. The number of halogens is 1. The second kappa shape index (κ2) is 4.93. The number of nitrogens with zero attached hydrogens (tertiary/aromatic N) is 1. The Morgan fingerprint density at radius 3 is 2.84 bits per heavy atom. The van der Waals surface area contributed by atoms with Gasteiger partial charge in [-0.1, -0.05) is 0 Å². The highest BCUT2D eigenvalue weighted by Gasteiger charge is 2.31. The topological polar surface area (TPSA) is 84.3 Å². The highest BCUT2D eigenvalue weighted by molar-refractivity contribution is 5.95. The number of rotatable bonds is 3. The maximum atomic E-state index is 13.7. The number of benzene rings is 1. The Morgan fingerprint density at radius 1 is 1.58 bits per heavy atom. The van der Waals surface area contributed by atoms with Crippen molar-refractivity contribution in [2.75, 3.05) is 13.1 Å². The lowest BCUT2D eigenvalue weighted by molar-refractivity contribution is -0.385. The van der Waals surface area contributed by atoms with Crippen LogP contribution in [0.15, 0.2) is 18.2 Å². The number of non-ortho nitro benzene ring substituents is 1. The molecule has 0 spiro atoms. The average Bonchev–Trinajstić information content (AvgIpc) is 2.75. The molecule has 2 N–H and O–H groups in total. The third-order valence-corrected chi connectivity index (χ3v) is 3.19. The van der Waals surface area contributed by atoms with Gasteiger partial charge < -0.3 is 10.6 Å². The van der Waals surface area contributed by atoms with Gasteiger partial charge in [0.1, 0.15) is 5.82 Å². The molecule has 1 fully saturated rings. The first-order valence-electron chi connectivity index (χ1n) is 5.88. The third-order valence-electron chi connectivity index (χ3n) is 3.19. The highest BCUT2D eigenvalue weighted by atomic mass is 19.1. The zero-order valence-corrected chi connectivity index (χ0v) is 10.4. The van der Waals surface area contributed by atoms with Crippen LogP contribution in [-0.4, -0.2) is 29.5 Å². The number of amides is 1. The van der Waals surface area contributed by atoms with Crippen molar-refractivity contribution in [1.82, 2.24) is 10.6 Å². The summed E-state index contributed by atoms with van der Waals surface area (Å²) in [5.41, 5.74) is -0.966. The second-order valence-electron chi connectivity index (χ2n) is 4.86. The second-order valence-corrected chi connectivity index (χ2v) is 4.86. The van der Waals surface area contributed by atoms with Crippen LogP contribution in [-0.2, 0) is 0 Å². The molecule has 1 heterocycles. The smallest absolute Gasteiger partial charge is 0.272 e. The van der Waals surface area contributed by atoms with E-state index in [0.29, 0.717) is 6.54 Å². The number of nitro groups is 1. The third kappa shape index (κ3) is 2.87. The van der Waals surface area contributed by atoms with Crippen molar-refractivity contribution >= 4 is 11.6 Å². The molecule has 0 aromatic heterocycles. The van der Waals surface area contributed by atoms with Gasteiger partial charge in [-0.05, 0) is 26.0 Å². The Kier molecular flexibility index (Phi) is 3.48. The number of nitro benzene ring substituents is 1. The molecule has 0 bridgehead atoms. The Bertz CT molecular complexity index is 527. The summed E-state index contributed by atoms with van der Waals surface area (Å²) in [4.78, 5) is 21.8. The summed E-state index contributed by atoms with van der Waals surface area (Å²) >= 11 is 0. The predicted octanol–water partition coefficient (Wildman–Crippen LogP) is 1.22. The van der Waals surface area contributed by atoms with E-state index < -0.39 is 22.2 Å². The lowest BCUT2D eigenvalue weighted by atomic mass is 10.0. The van der Waals surface area contributed by atoms with Crippen molar-refractivity contribution in [3.8, 4) is 0 Å². The maximum Gasteiger partial charge on any atom is 0.272 e. The van der Waals surface area contributed by atoms with Crippen LogP contribution < -0.4 is 10.6 Å². The molecule has 0 radical (unpaired) electrons. The summed E-state index contributed by atoms with van der Waals surface area (Å²) in [5.74, 6) is -1.44. The molecule has 6 nitrogen and oxygen atoms in total. The van der Waals surface area contributed by atoms with Gasteiger partial charge in [0.15, 0.2) is 0 Å². The van der Waals surface area contributed by atoms with Crippen LogP contribution in [0.25, 0.3) is 0 Å². The van der Waals surface area contributed by atoms with E-state index in [1.54, 1.807) is 0 Å². The lowest BCUT2D eigenvalue weighted by Crippen LogP contribution is -2.47. The van der Waals surface area contributed by atoms with E-state index in [0.717, 1.165) is 31.2 Å². The van der Waals surface area contributed by atoms with Crippen molar-refractivity contribution in [2.24, 2.45) is 0 Å². The highest BCUT2D eigenvalue weighted by Crippen LogP contribution is 2.19. The molecule has 1 atom stereocenters. The SMILES string of the molecule is CC1(NC(=O)c2ccc([N+](=O)[O-])cc2F)CCNC1. The Labute approximate surface area is 109 Å². The van der Waals surface area contributed by atoms with E-state index in [1.165, 1.54) is 0 Å². The molecule has 0 saturated carbocycles. The fraction of sp³-hybridized carbons (Fsp3) is 0.417. The number of nitrogens with one attached hydrogen (secondary N) is 2. The number of hydrogen-bond donors (Lipinski definition) is 2. The van der Waals surface area contributed by atoms with Crippen LogP contribution in [0.3, 0.4) is 0 Å². The summed E-state index contributed by atoms with van der Waals surface area (Å²) in [5, 5.41) is 16.4. The van der Waals surface area contributed by atoms with Crippen LogP contribution in [0.2, 0.25) is 0 Å². The van der Waals surface area contributed by atoms with Crippen molar-refractivity contribution in [1.29, 1.82) is 0 Å². The first-order valence-corrected chi connectivity index (χ1v) is 5.88. The van der Waals surface area contributed by atoms with Gasteiger partial charge in [0, 0.05) is 12.6 Å². The molecule has 102 valence electrons. The fourth-order valence-electron chi connectivity index (χ4n) is 2.07. The normalized spacial score (nSPS) is 22.2. The van der Waals surface area contributed by atoms with Gasteiger partial charge in [0.05, 0.1) is 22.1 Å². The minimum absolute atomic E-state index is 0.182. The quantitative estimate of drug-likeness (QED) is 0.637. The first-order chi connectivity index (χ1) is 8.91. The van der Waals surface area contributed by atoms with Crippen LogP contribution in [0.5, 0.6) is 0 Å². The van der Waals surface area contributed by atoms with E-state index in [4.69, 9.17) is 0 Å². The fourth-order valence-corrected chi connectivity index (χ4v) is 2.07. The molecule has 1 unspecified atom stereocenters. The summed E-state index contributed by atoms with van der Waals surface area (Å²) in [6.07, 6.45) is 0.757. The molecule has 7 heteroatoms. The zero-order chi connectivity index (χ0) is 14.0. The maximum absolute atomic E-state index is 13.7. The zero-order valence-electron chi connectivity index (χ0n) is 10.4. The molecule has 2 rings (SSSR count). The largest absolute Gasteiger partial charge is 0.345 e. The van der Waals surface area contributed by atoms with E-state index in [-0.39, 0.29) is 11.3 Å². The van der Waals surface area contributed by atoms with Crippen molar-refractivity contribution < 1.29 is 14.1 Å². The van der Waals surface area contributed by atoms with Gasteiger partial charge in [-0.3, -0.25) is 14.9 Å². The van der Waals surface area contributed by atoms with Crippen molar-refractivity contribution in [2.45, 2.75) is 18.9 Å². The Morgan fingerprint density at radius 2 is 2.32 bits per heavy atom. The summed E-state index contributed by atoms with van der Waals surface area (Å²) < 4.78 is 13.7. The molecule has 1 aliphatic rings. The van der Waals surface area contributed by atoms with Gasteiger partial charge in [-0.25, -0.2) is 4.39 Å². The van der Waals surface area contributed by atoms with Crippen LogP contribution >= 0.6 is 0 Å². The molecule has 1 saturated heterocycles. The van der Waals surface area contributed by atoms with Crippen molar-refractivity contribution in [3.63, 3.8) is 0 Å². The van der Waals surface area contributed by atoms with Gasteiger partial charge in [-0.2, -0.15) is 0 Å². The lowest BCUT2D eigenvalue weighted by Gasteiger charge is -2.24. The van der Waals surface area contributed by atoms with Crippen LogP contribution in [0.1, 0.15) is 23.7 Å². The Hall–Kier alpha value is -2.02. The van der Waals surface area contributed by atoms with Crippen LogP contribution in [0.4, 0.5) is 10.1 Å². The minimum Gasteiger partial charge on any atom is -0.345 e.